The Morgan fingerprint density at radius 1 is 1.14 bits per heavy atom. The molecule has 9 nitrogen and oxygen atoms in total. The Hall–Kier alpha value is -2.98. The average Bonchev–Trinajstić information content (AvgIpc) is 2.72. The minimum absolute atomic E-state index is 0.0439. The first-order valence-electron chi connectivity index (χ1n) is 8.94. The summed E-state index contributed by atoms with van der Waals surface area (Å²) in [5.41, 5.74) is 0.505. The Morgan fingerprint density at radius 3 is 2.28 bits per heavy atom. The molecule has 156 valence electrons. The van der Waals surface area contributed by atoms with Gasteiger partial charge in [-0.15, -0.1) is 0 Å². The number of nitro benzene ring substituents is 1. The first kappa shape index (κ1) is 22.3. The number of nitrogens with one attached hydrogen (secondary N) is 1. The summed E-state index contributed by atoms with van der Waals surface area (Å²) in [4.78, 5) is 23.0. The lowest BCUT2D eigenvalue weighted by Gasteiger charge is -2.18. The van der Waals surface area contributed by atoms with Gasteiger partial charge >= 0.3 is 0 Å². The molecule has 0 radical (unpaired) electrons. The van der Waals surface area contributed by atoms with Crippen molar-refractivity contribution in [3.05, 3.63) is 63.7 Å². The SMILES string of the molecule is CCN(CC)S(=O)(=O)c1ccc(CNC(=O)c2cc([N+](=O)[O-])ccc2OC)cc1. The van der Waals surface area contributed by atoms with Crippen LogP contribution in [0.1, 0.15) is 29.8 Å². The van der Waals surface area contributed by atoms with Gasteiger partial charge in [0.15, 0.2) is 0 Å². The van der Waals surface area contributed by atoms with E-state index in [-0.39, 0.29) is 28.4 Å². The van der Waals surface area contributed by atoms with E-state index in [1.54, 1.807) is 26.0 Å². The monoisotopic (exact) mass is 421 g/mol. The van der Waals surface area contributed by atoms with E-state index in [1.165, 1.54) is 35.7 Å². The van der Waals surface area contributed by atoms with E-state index in [2.05, 4.69) is 5.32 Å². The highest BCUT2D eigenvalue weighted by Crippen LogP contribution is 2.24. The number of nitro groups is 1. The van der Waals surface area contributed by atoms with E-state index in [0.717, 1.165) is 6.07 Å². The zero-order chi connectivity index (χ0) is 21.6. The summed E-state index contributed by atoms with van der Waals surface area (Å²) in [6.07, 6.45) is 0. The van der Waals surface area contributed by atoms with Gasteiger partial charge in [-0.3, -0.25) is 14.9 Å². The van der Waals surface area contributed by atoms with Crippen LogP contribution in [-0.4, -0.2) is 43.8 Å². The number of methoxy groups -OCH3 is 1. The molecule has 1 N–H and O–H groups in total. The van der Waals surface area contributed by atoms with Gasteiger partial charge in [0.2, 0.25) is 10.0 Å². The molecule has 0 saturated heterocycles. The Kier molecular flexibility index (Phi) is 7.29. The number of nitrogens with zero attached hydrogens (tertiary/aromatic N) is 2. The van der Waals surface area contributed by atoms with Crippen molar-refractivity contribution in [2.45, 2.75) is 25.3 Å². The molecule has 0 aliphatic rings. The third kappa shape index (κ3) is 5.09. The van der Waals surface area contributed by atoms with Crippen molar-refractivity contribution in [2.24, 2.45) is 0 Å². The van der Waals surface area contributed by atoms with Gasteiger partial charge in [0.05, 0.1) is 22.5 Å². The molecule has 0 aliphatic carbocycles. The lowest BCUT2D eigenvalue weighted by molar-refractivity contribution is -0.384. The van der Waals surface area contributed by atoms with Crippen LogP contribution in [-0.2, 0) is 16.6 Å². The number of hydrogen-bond acceptors (Lipinski definition) is 6. The molecule has 0 heterocycles. The molecule has 0 aromatic heterocycles. The summed E-state index contributed by atoms with van der Waals surface area (Å²) < 4.78 is 31.5. The highest BCUT2D eigenvalue weighted by atomic mass is 32.2. The highest BCUT2D eigenvalue weighted by molar-refractivity contribution is 7.89. The number of carbonyl (C=O) groups excluding carboxylic acids is 1. The van der Waals surface area contributed by atoms with Crippen molar-refractivity contribution in [2.75, 3.05) is 20.2 Å². The lowest BCUT2D eigenvalue weighted by atomic mass is 10.1. The second-order valence-electron chi connectivity index (χ2n) is 6.06. The molecule has 0 unspecified atom stereocenters. The Bertz CT molecular complexity index is 986. The van der Waals surface area contributed by atoms with Crippen LogP contribution in [0.25, 0.3) is 0 Å². The third-order valence-electron chi connectivity index (χ3n) is 4.36. The zero-order valence-electron chi connectivity index (χ0n) is 16.4. The summed E-state index contributed by atoms with van der Waals surface area (Å²) >= 11 is 0. The van der Waals surface area contributed by atoms with Crippen molar-refractivity contribution in [1.29, 1.82) is 0 Å². The maximum absolute atomic E-state index is 12.5. The Labute approximate surface area is 169 Å². The third-order valence-corrected chi connectivity index (χ3v) is 6.42. The summed E-state index contributed by atoms with van der Waals surface area (Å²) in [6.45, 7) is 4.42. The number of hydrogen-bond donors (Lipinski definition) is 1. The minimum Gasteiger partial charge on any atom is -0.496 e. The van der Waals surface area contributed by atoms with Crippen LogP contribution in [0.5, 0.6) is 5.75 Å². The molecule has 0 fully saturated rings. The number of benzene rings is 2. The maximum atomic E-state index is 12.5. The maximum Gasteiger partial charge on any atom is 0.270 e. The molecule has 10 heteroatoms. The number of carbonyl (C=O) groups is 1. The molecule has 2 aromatic carbocycles. The lowest BCUT2D eigenvalue weighted by Crippen LogP contribution is -2.30. The minimum atomic E-state index is -3.55. The van der Waals surface area contributed by atoms with E-state index in [0.29, 0.717) is 18.7 Å². The van der Waals surface area contributed by atoms with Crippen LogP contribution in [0.15, 0.2) is 47.4 Å². The number of sulfonamides is 1. The van der Waals surface area contributed by atoms with Gasteiger partial charge < -0.3 is 10.1 Å². The molecule has 2 rings (SSSR count). The highest BCUT2D eigenvalue weighted by Gasteiger charge is 2.21. The van der Waals surface area contributed by atoms with E-state index in [1.807, 2.05) is 0 Å². The summed E-state index contributed by atoms with van der Waals surface area (Å²) in [5.74, 6) is -0.320. The second-order valence-corrected chi connectivity index (χ2v) is 8.00. The van der Waals surface area contributed by atoms with Crippen LogP contribution in [0.3, 0.4) is 0 Å². The second kappa shape index (κ2) is 9.48. The van der Waals surface area contributed by atoms with Gasteiger partial charge in [-0.05, 0) is 23.8 Å². The Balaban J connectivity index is 2.14. The van der Waals surface area contributed by atoms with Gasteiger partial charge in [-0.1, -0.05) is 26.0 Å². The van der Waals surface area contributed by atoms with Gasteiger partial charge in [-0.25, -0.2) is 8.42 Å². The van der Waals surface area contributed by atoms with Crippen LogP contribution >= 0.6 is 0 Å². The number of amides is 1. The molecular formula is C19H23N3O6S. The summed E-state index contributed by atoms with van der Waals surface area (Å²) in [7, 11) is -2.18. The quantitative estimate of drug-likeness (QED) is 0.491. The molecule has 0 bridgehead atoms. The van der Waals surface area contributed by atoms with E-state index >= 15 is 0 Å². The fourth-order valence-electron chi connectivity index (χ4n) is 2.76. The van der Waals surface area contributed by atoms with Gasteiger partial charge in [0.25, 0.3) is 11.6 Å². The number of ether oxygens (including phenoxy) is 1. The van der Waals surface area contributed by atoms with Crippen LogP contribution in [0.4, 0.5) is 5.69 Å². The molecule has 2 aromatic rings. The molecule has 0 spiro atoms. The van der Waals surface area contributed by atoms with E-state index in [4.69, 9.17) is 4.74 Å². The summed E-state index contributed by atoms with van der Waals surface area (Å²) in [6, 6.07) is 9.97. The average molecular weight is 421 g/mol. The van der Waals surface area contributed by atoms with Gasteiger partial charge in [0, 0.05) is 31.8 Å². The molecule has 1 amide bonds. The molecule has 0 atom stereocenters. The van der Waals surface area contributed by atoms with Crippen molar-refractivity contribution in [3.8, 4) is 5.75 Å². The zero-order valence-corrected chi connectivity index (χ0v) is 17.2. The fourth-order valence-corrected chi connectivity index (χ4v) is 4.21. The van der Waals surface area contributed by atoms with Crippen LogP contribution in [0.2, 0.25) is 0 Å². The van der Waals surface area contributed by atoms with Crippen molar-refractivity contribution >= 4 is 21.6 Å². The van der Waals surface area contributed by atoms with Gasteiger partial charge in [-0.2, -0.15) is 4.31 Å². The van der Waals surface area contributed by atoms with Crippen LogP contribution in [0, 0.1) is 10.1 Å². The first-order chi connectivity index (χ1) is 13.7. The largest absolute Gasteiger partial charge is 0.496 e. The van der Waals surface area contributed by atoms with E-state index in [9.17, 15) is 23.3 Å². The normalized spacial score (nSPS) is 11.3. The van der Waals surface area contributed by atoms with Crippen LogP contribution < -0.4 is 10.1 Å². The number of non-ortho nitro benzene ring substituents is 1. The molecule has 0 aliphatic heterocycles. The predicted octanol–water partition coefficient (Wildman–Crippen LogP) is 2.56. The standard InChI is InChI=1S/C19H23N3O6S/c1-4-21(5-2)29(26,27)16-9-6-14(7-10-16)13-20-19(23)17-12-15(22(24)25)8-11-18(17)28-3/h6-12H,4-5,13H2,1-3H3,(H,20,23). The fraction of sp³-hybridized carbons (Fsp3) is 0.316. The topological polar surface area (TPSA) is 119 Å². The predicted molar refractivity (Wildman–Crippen MR) is 107 cm³/mol. The van der Waals surface area contributed by atoms with Gasteiger partial charge in [0.1, 0.15) is 5.75 Å². The molecular weight excluding hydrogens is 398 g/mol. The smallest absolute Gasteiger partial charge is 0.270 e. The molecule has 0 saturated carbocycles. The van der Waals surface area contributed by atoms with Crippen molar-refractivity contribution in [3.63, 3.8) is 0 Å². The molecule has 29 heavy (non-hydrogen) atoms. The Morgan fingerprint density at radius 2 is 1.76 bits per heavy atom. The first-order valence-corrected chi connectivity index (χ1v) is 10.4. The van der Waals surface area contributed by atoms with Crippen molar-refractivity contribution < 1.29 is 22.9 Å². The number of rotatable bonds is 9. The van der Waals surface area contributed by atoms with E-state index < -0.39 is 20.9 Å². The summed E-state index contributed by atoms with van der Waals surface area (Å²) in [5, 5.41) is 13.6. The van der Waals surface area contributed by atoms with Crippen molar-refractivity contribution in [1.82, 2.24) is 9.62 Å².